The molecule has 8 nitrogen and oxygen atoms in total. The van der Waals surface area contributed by atoms with E-state index in [0.29, 0.717) is 64.7 Å². The van der Waals surface area contributed by atoms with Gasteiger partial charge in [0.2, 0.25) is 0 Å². The average Bonchev–Trinajstić information content (AvgIpc) is 2.77. The molecule has 2 aliphatic heterocycles. The Labute approximate surface area is 183 Å². The van der Waals surface area contributed by atoms with Gasteiger partial charge in [0.25, 0.3) is 5.91 Å². The smallest absolute Gasteiger partial charge is 0.254 e. The van der Waals surface area contributed by atoms with Crippen molar-refractivity contribution >= 4 is 5.91 Å². The number of aliphatic hydroxyl groups is 1. The zero-order valence-corrected chi connectivity index (χ0v) is 18.2. The Morgan fingerprint density at radius 1 is 1.26 bits per heavy atom. The lowest BCUT2D eigenvalue weighted by Crippen LogP contribution is -2.52. The summed E-state index contributed by atoms with van der Waals surface area (Å²) >= 11 is 0. The van der Waals surface area contributed by atoms with Crippen molar-refractivity contribution in [3.63, 3.8) is 0 Å². The van der Waals surface area contributed by atoms with E-state index in [0.717, 1.165) is 19.6 Å². The molecule has 2 atom stereocenters. The molecule has 1 amide bonds. The van der Waals surface area contributed by atoms with Crippen LogP contribution in [0.3, 0.4) is 0 Å². The van der Waals surface area contributed by atoms with E-state index in [1.807, 2.05) is 0 Å². The standard InChI is InChI=1S/C22H34FN3O5/c1-29-9-8-26(22(28)18-3-2-4-19(23)13-18)17-21-16-25(7-12-31-21)15-20(27)14-24-5-10-30-11-6-24/h2-4,13,20-21,27H,5-12,14-17H2,1H3. The molecule has 2 unspecified atom stereocenters. The molecule has 0 bridgehead atoms. The number of methoxy groups -OCH3 is 1. The van der Waals surface area contributed by atoms with Crippen LogP contribution in [0.1, 0.15) is 10.4 Å². The Morgan fingerprint density at radius 3 is 2.74 bits per heavy atom. The van der Waals surface area contributed by atoms with Gasteiger partial charge >= 0.3 is 0 Å². The van der Waals surface area contributed by atoms with Gasteiger partial charge in [0.05, 0.1) is 38.6 Å². The van der Waals surface area contributed by atoms with Crippen LogP contribution in [0.2, 0.25) is 0 Å². The van der Waals surface area contributed by atoms with Gasteiger partial charge in [-0.25, -0.2) is 4.39 Å². The predicted octanol–water partition coefficient (Wildman–Crippen LogP) is 0.308. The highest BCUT2D eigenvalue weighted by molar-refractivity contribution is 5.94. The molecule has 2 saturated heterocycles. The summed E-state index contributed by atoms with van der Waals surface area (Å²) in [6.07, 6.45) is -0.630. The number of benzene rings is 1. The van der Waals surface area contributed by atoms with Gasteiger partial charge in [-0.1, -0.05) is 6.07 Å². The second-order valence-corrected chi connectivity index (χ2v) is 8.07. The van der Waals surface area contributed by atoms with E-state index in [1.165, 1.54) is 18.2 Å². The normalized spacial score (nSPS) is 21.7. The van der Waals surface area contributed by atoms with Crippen molar-refractivity contribution in [3.05, 3.63) is 35.6 Å². The first kappa shape index (κ1) is 24.0. The number of hydrogen-bond donors (Lipinski definition) is 1. The fraction of sp³-hybridized carbons (Fsp3) is 0.682. The van der Waals surface area contributed by atoms with Gasteiger partial charge in [0.15, 0.2) is 0 Å². The summed E-state index contributed by atoms with van der Waals surface area (Å²) in [5.41, 5.74) is 0.310. The SMILES string of the molecule is COCCN(CC1CN(CC(O)CN2CCOCC2)CCO1)C(=O)c1cccc(F)c1. The molecule has 2 fully saturated rings. The summed E-state index contributed by atoms with van der Waals surface area (Å²) in [4.78, 5) is 19.0. The van der Waals surface area contributed by atoms with Gasteiger partial charge in [-0.3, -0.25) is 14.6 Å². The molecule has 1 aromatic rings. The lowest BCUT2D eigenvalue weighted by atomic mass is 10.1. The summed E-state index contributed by atoms with van der Waals surface area (Å²) in [6, 6.07) is 5.71. The minimum atomic E-state index is -0.449. The van der Waals surface area contributed by atoms with Crippen LogP contribution in [0.15, 0.2) is 24.3 Å². The number of rotatable bonds is 10. The van der Waals surface area contributed by atoms with E-state index in [4.69, 9.17) is 14.2 Å². The molecule has 31 heavy (non-hydrogen) atoms. The number of aliphatic hydroxyl groups excluding tert-OH is 1. The van der Waals surface area contributed by atoms with Crippen molar-refractivity contribution in [1.82, 2.24) is 14.7 Å². The lowest BCUT2D eigenvalue weighted by molar-refractivity contribution is -0.0564. The first-order valence-electron chi connectivity index (χ1n) is 10.9. The third kappa shape index (κ3) is 7.78. The predicted molar refractivity (Wildman–Crippen MR) is 114 cm³/mol. The van der Waals surface area contributed by atoms with Gasteiger partial charge in [0.1, 0.15) is 5.82 Å². The highest BCUT2D eigenvalue weighted by Crippen LogP contribution is 2.13. The van der Waals surface area contributed by atoms with E-state index in [-0.39, 0.29) is 12.0 Å². The number of hydrogen-bond acceptors (Lipinski definition) is 7. The Morgan fingerprint density at radius 2 is 2.00 bits per heavy atom. The van der Waals surface area contributed by atoms with Crippen molar-refractivity contribution in [2.75, 3.05) is 85.9 Å². The van der Waals surface area contributed by atoms with Gasteiger partial charge in [0, 0.05) is 65.0 Å². The van der Waals surface area contributed by atoms with E-state index < -0.39 is 11.9 Å². The van der Waals surface area contributed by atoms with Crippen molar-refractivity contribution < 1.29 is 28.5 Å². The molecule has 0 radical (unpaired) electrons. The first-order valence-corrected chi connectivity index (χ1v) is 10.9. The number of nitrogens with zero attached hydrogens (tertiary/aromatic N) is 3. The van der Waals surface area contributed by atoms with Crippen molar-refractivity contribution in [3.8, 4) is 0 Å². The number of ether oxygens (including phenoxy) is 3. The Hall–Kier alpha value is -1.62. The maximum Gasteiger partial charge on any atom is 0.254 e. The summed E-state index contributed by atoms with van der Waals surface area (Å²) in [6.45, 7) is 7.38. The summed E-state index contributed by atoms with van der Waals surface area (Å²) in [5.74, 6) is -0.684. The van der Waals surface area contributed by atoms with Gasteiger partial charge in [-0.15, -0.1) is 0 Å². The number of morpholine rings is 2. The molecule has 9 heteroatoms. The van der Waals surface area contributed by atoms with E-state index in [9.17, 15) is 14.3 Å². The molecule has 3 rings (SSSR count). The summed E-state index contributed by atoms with van der Waals surface area (Å²) < 4.78 is 30.0. The van der Waals surface area contributed by atoms with E-state index in [2.05, 4.69) is 9.80 Å². The molecular weight excluding hydrogens is 405 g/mol. The van der Waals surface area contributed by atoms with Crippen LogP contribution in [0.5, 0.6) is 0 Å². The quantitative estimate of drug-likeness (QED) is 0.562. The molecule has 2 heterocycles. The summed E-state index contributed by atoms with van der Waals surface area (Å²) in [7, 11) is 1.58. The molecule has 0 saturated carbocycles. The average molecular weight is 440 g/mol. The zero-order valence-electron chi connectivity index (χ0n) is 18.2. The lowest BCUT2D eigenvalue weighted by Gasteiger charge is -2.37. The zero-order chi connectivity index (χ0) is 22.1. The largest absolute Gasteiger partial charge is 0.390 e. The van der Waals surface area contributed by atoms with Gasteiger partial charge in [-0.2, -0.15) is 0 Å². The number of amides is 1. The number of halogens is 1. The maximum atomic E-state index is 13.6. The monoisotopic (exact) mass is 439 g/mol. The second-order valence-electron chi connectivity index (χ2n) is 8.07. The number of β-amino-alcohol motifs (C(OH)–C–C–N with tert-alkyl or cyclic N) is 1. The number of carbonyl (C=O) groups excluding carboxylic acids is 1. The van der Waals surface area contributed by atoms with Gasteiger partial charge in [-0.05, 0) is 18.2 Å². The van der Waals surface area contributed by atoms with Crippen LogP contribution in [0, 0.1) is 5.82 Å². The van der Waals surface area contributed by atoms with Crippen LogP contribution >= 0.6 is 0 Å². The van der Waals surface area contributed by atoms with Gasteiger partial charge < -0.3 is 24.2 Å². The Balaban J connectivity index is 1.53. The van der Waals surface area contributed by atoms with Crippen molar-refractivity contribution in [2.24, 2.45) is 0 Å². The second kappa shape index (κ2) is 12.4. The molecular formula is C22H34FN3O5. The summed E-state index contributed by atoms with van der Waals surface area (Å²) in [5, 5.41) is 10.5. The van der Waals surface area contributed by atoms with Crippen LogP contribution in [0.25, 0.3) is 0 Å². The molecule has 0 aliphatic carbocycles. The Kier molecular flexibility index (Phi) is 9.63. The van der Waals surface area contributed by atoms with Crippen LogP contribution in [-0.2, 0) is 14.2 Å². The fourth-order valence-electron chi connectivity index (χ4n) is 4.02. The minimum Gasteiger partial charge on any atom is -0.390 e. The van der Waals surface area contributed by atoms with Crippen LogP contribution in [-0.4, -0.2) is 124 Å². The topological polar surface area (TPSA) is 74.7 Å². The highest BCUT2D eigenvalue weighted by Gasteiger charge is 2.27. The molecule has 1 aromatic carbocycles. The molecule has 1 N–H and O–H groups in total. The third-order valence-corrected chi connectivity index (χ3v) is 5.61. The number of carbonyl (C=O) groups is 1. The minimum absolute atomic E-state index is 0.182. The van der Waals surface area contributed by atoms with E-state index in [1.54, 1.807) is 18.1 Å². The Bertz CT molecular complexity index is 689. The molecule has 0 aromatic heterocycles. The van der Waals surface area contributed by atoms with Crippen LogP contribution < -0.4 is 0 Å². The first-order chi connectivity index (χ1) is 15.0. The van der Waals surface area contributed by atoms with Crippen molar-refractivity contribution in [1.29, 1.82) is 0 Å². The maximum absolute atomic E-state index is 13.6. The third-order valence-electron chi connectivity index (χ3n) is 5.61. The van der Waals surface area contributed by atoms with Crippen LogP contribution in [0.4, 0.5) is 4.39 Å². The van der Waals surface area contributed by atoms with E-state index >= 15 is 0 Å². The fourth-order valence-corrected chi connectivity index (χ4v) is 4.02. The molecule has 2 aliphatic rings. The highest BCUT2D eigenvalue weighted by atomic mass is 19.1. The molecule has 174 valence electrons. The van der Waals surface area contributed by atoms with Crippen molar-refractivity contribution in [2.45, 2.75) is 12.2 Å². The molecule has 0 spiro atoms.